The largest absolute Gasteiger partial charge is 0.477 e. The van der Waals surface area contributed by atoms with Crippen LogP contribution in [0.5, 0.6) is 0 Å². The topological polar surface area (TPSA) is 70.9 Å². The van der Waals surface area contributed by atoms with Crippen molar-refractivity contribution in [2.24, 2.45) is 11.1 Å². The zero-order valence-electron chi connectivity index (χ0n) is 5.78. The fraction of sp³-hybridized carbons (Fsp3) is 0.667. The quantitative estimate of drug-likeness (QED) is 0.513. The molecule has 0 aliphatic carbocycles. The summed E-state index contributed by atoms with van der Waals surface area (Å²) >= 11 is 0. The molecule has 0 amide bonds. The van der Waals surface area contributed by atoms with Gasteiger partial charge in [-0.25, -0.2) is 4.79 Å². The van der Waals surface area contributed by atoms with Crippen molar-refractivity contribution in [1.82, 2.24) is 5.32 Å². The van der Waals surface area contributed by atoms with E-state index in [-0.39, 0.29) is 17.7 Å². The first kappa shape index (κ1) is 6.60. The normalized spacial score (nSPS) is 34.4. The molecule has 0 aromatic carbocycles. The third kappa shape index (κ3) is 0.883. The monoisotopic (exact) mass is 156 g/mol. The Hall–Kier alpha value is -1.10. The van der Waals surface area contributed by atoms with Gasteiger partial charge >= 0.3 is 5.97 Å². The lowest BCUT2D eigenvalue weighted by Crippen LogP contribution is -2.26. The lowest BCUT2D eigenvalue weighted by atomic mass is 10.0. The van der Waals surface area contributed by atoms with Crippen LogP contribution >= 0.6 is 0 Å². The van der Waals surface area contributed by atoms with Crippen molar-refractivity contribution < 1.29 is 14.7 Å². The van der Waals surface area contributed by atoms with E-state index in [4.69, 9.17) is 9.94 Å². The molecule has 2 heterocycles. The van der Waals surface area contributed by atoms with E-state index < -0.39 is 5.97 Å². The van der Waals surface area contributed by atoms with Crippen LogP contribution in [0.4, 0.5) is 0 Å². The minimum Gasteiger partial charge on any atom is -0.477 e. The van der Waals surface area contributed by atoms with Crippen molar-refractivity contribution >= 4 is 11.7 Å². The molecule has 0 bridgehead atoms. The molecule has 0 saturated carbocycles. The number of carboxylic acid groups (broad SMARTS) is 1. The highest BCUT2D eigenvalue weighted by Crippen LogP contribution is 2.21. The molecule has 2 N–H and O–H groups in total. The molecule has 2 aliphatic heterocycles. The summed E-state index contributed by atoms with van der Waals surface area (Å²) in [6.45, 7) is 1.36. The number of nitrogens with one attached hydrogen (secondary N) is 1. The number of carbonyl (C=O) groups is 1. The Balaban J connectivity index is 2.18. The number of nitrogens with zero attached hydrogens (tertiary/aromatic N) is 1. The average molecular weight is 156 g/mol. The number of hydrogen-bond acceptors (Lipinski definition) is 4. The fourth-order valence-corrected chi connectivity index (χ4v) is 1.43. The van der Waals surface area contributed by atoms with Gasteiger partial charge in [-0.2, -0.15) is 0 Å². The molecule has 0 spiro atoms. The van der Waals surface area contributed by atoms with E-state index >= 15 is 0 Å². The zero-order valence-corrected chi connectivity index (χ0v) is 5.78. The smallest absolute Gasteiger partial charge is 0.354 e. The lowest BCUT2D eigenvalue weighted by Gasteiger charge is -2.03. The maximum absolute atomic E-state index is 10.5. The van der Waals surface area contributed by atoms with Crippen LogP contribution in [0.3, 0.4) is 0 Å². The van der Waals surface area contributed by atoms with Crippen molar-refractivity contribution in [1.29, 1.82) is 0 Å². The van der Waals surface area contributed by atoms with Crippen LogP contribution in [0.25, 0.3) is 0 Å². The Morgan fingerprint density at radius 2 is 2.55 bits per heavy atom. The summed E-state index contributed by atoms with van der Waals surface area (Å²) < 4.78 is 0. The molecule has 11 heavy (non-hydrogen) atoms. The van der Waals surface area contributed by atoms with Gasteiger partial charge in [0.05, 0.1) is 5.92 Å². The molecule has 1 fully saturated rings. The number of rotatable bonds is 1. The molecule has 5 nitrogen and oxygen atoms in total. The van der Waals surface area contributed by atoms with E-state index in [1.54, 1.807) is 0 Å². The highest BCUT2D eigenvalue weighted by molar-refractivity contribution is 6.36. The summed E-state index contributed by atoms with van der Waals surface area (Å²) in [5.74, 6) is -1.02. The number of fused-ring (bicyclic) bond motifs is 1. The molecule has 0 aromatic rings. The summed E-state index contributed by atoms with van der Waals surface area (Å²) in [6.07, 6.45) is -0.0545. The lowest BCUT2D eigenvalue weighted by molar-refractivity contribution is -0.129. The second-order valence-electron chi connectivity index (χ2n) is 2.69. The van der Waals surface area contributed by atoms with Gasteiger partial charge < -0.3 is 15.3 Å². The van der Waals surface area contributed by atoms with Crippen LogP contribution in [0, 0.1) is 5.92 Å². The van der Waals surface area contributed by atoms with Crippen molar-refractivity contribution in [3.05, 3.63) is 0 Å². The molecule has 1 saturated heterocycles. The highest BCUT2D eigenvalue weighted by Gasteiger charge is 2.41. The van der Waals surface area contributed by atoms with E-state index in [2.05, 4.69) is 10.5 Å². The van der Waals surface area contributed by atoms with Crippen LogP contribution < -0.4 is 5.32 Å². The van der Waals surface area contributed by atoms with Gasteiger partial charge in [-0.3, -0.25) is 0 Å². The third-order valence-electron chi connectivity index (χ3n) is 2.02. The van der Waals surface area contributed by atoms with Gasteiger partial charge in [0.2, 0.25) is 0 Å². The Labute approximate surface area is 63.0 Å². The number of carboxylic acids is 1. The van der Waals surface area contributed by atoms with Gasteiger partial charge in [-0.15, -0.1) is 0 Å². The number of hydrogen-bond donors (Lipinski definition) is 2. The number of oxime groups is 1. The van der Waals surface area contributed by atoms with Gasteiger partial charge in [-0.05, 0) is 0 Å². The summed E-state index contributed by atoms with van der Waals surface area (Å²) in [5, 5.41) is 15.2. The Morgan fingerprint density at radius 1 is 1.73 bits per heavy atom. The predicted molar refractivity (Wildman–Crippen MR) is 36.3 cm³/mol. The van der Waals surface area contributed by atoms with Crippen LogP contribution in [0.2, 0.25) is 0 Å². The Morgan fingerprint density at radius 3 is 3.27 bits per heavy atom. The standard InChI is InChI=1S/C6H8N2O3/c9-6(10)5-3-1-7-2-4(3)11-8-5/h3-4,7H,1-2H2,(H,9,10). The molecule has 5 heteroatoms. The first-order valence-corrected chi connectivity index (χ1v) is 3.47. The first-order chi connectivity index (χ1) is 5.29. The van der Waals surface area contributed by atoms with Gasteiger partial charge in [0.25, 0.3) is 0 Å². The Kier molecular flexibility index (Phi) is 1.32. The molecule has 2 aliphatic rings. The first-order valence-electron chi connectivity index (χ1n) is 3.47. The van der Waals surface area contributed by atoms with Gasteiger partial charge in [-0.1, -0.05) is 5.16 Å². The van der Waals surface area contributed by atoms with E-state index in [1.165, 1.54) is 0 Å². The van der Waals surface area contributed by atoms with Crippen molar-refractivity contribution in [2.75, 3.05) is 13.1 Å². The van der Waals surface area contributed by atoms with E-state index in [9.17, 15) is 4.79 Å². The molecular formula is C6H8N2O3. The van der Waals surface area contributed by atoms with Crippen LogP contribution in [-0.2, 0) is 9.63 Å². The molecule has 2 rings (SSSR count). The summed E-state index contributed by atoms with van der Waals surface area (Å²) in [5.41, 5.74) is 0.153. The Bertz CT molecular complexity index is 226. The van der Waals surface area contributed by atoms with E-state index in [0.717, 1.165) is 0 Å². The highest BCUT2D eigenvalue weighted by atomic mass is 16.6. The van der Waals surface area contributed by atoms with Crippen LogP contribution in [0.15, 0.2) is 5.16 Å². The van der Waals surface area contributed by atoms with Crippen molar-refractivity contribution in [2.45, 2.75) is 6.10 Å². The second kappa shape index (κ2) is 2.20. The second-order valence-corrected chi connectivity index (χ2v) is 2.69. The molecule has 0 aromatic heterocycles. The third-order valence-corrected chi connectivity index (χ3v) is 2.02. The summed E-state index contributed by atoms with van der Waals surface area (Å²) in [4.78, 5) is 15.4. The molecule has 2 atom stereocenters. The minimum absolute atomic E-state index is 0.0486. The van der Waals surface area contributed by atoms with Gasteiger partial charge in [0.1, 0.15) is 6.10 Å². The average Bonchev–Trinajstić information content (AvgIpc) is 2.41. The van der Waals surface area contributed by atoms with Gasteiger partial charge in [0, 0.05) is 13.1 Å². The molecule has 0 radical (unpaired) electrons. The SMILES string of the molecule is O=C(O)C1=NOC2CNCC12. The molecule has 2 unspecified atom stereocenters. The predicted octanol–water partition coefficient (Wildman–Crippen LogP) is -0.955. The van der Waals surface area contributed by atoms with Crippen LogP contribution in [0.1, 0.15) is 0 Å². The molecular weight excluding hydrogens is 148 g/mol. The summed E-state index contributed by atoms with van der Waals surface area (Å²) in [6, 6.07) is 0. The minimum atomic E-state index is -0.971. The van der Waals surface area contributed by atoms with Crippen LogP contribution in [-0.4, -0.2) is 36.0 Å². The maximum Gasteiger partial charge on any atom is 0.354 e. The van der Waals surface area contributed by atoms with E-state index in [1.807, 2.05) is 0 Å². The zero-order chi connectivity index (χ0) is 7.84. The fourth-order valence-electron chi connectivity index (χ4n) is 1.43. The van der Waals surface area contributed by atoms with Gasteiger partial charge in [0.15, 0.2) is 5.71 Å². The van der Waals surface area contributed by atoms with Crippen molar-refractivity contribution in [3.63, 3.8) is 0 Å². The van der Waals surface area contributed by atoms with Crippen molar-refractivity contribution in [3.8, 4) is 0 Å². The summed E-state index contributed by atoms with van der Waals surface area (Å²) in [7, 11) is 0. The van der Waals surface area contributed by atoms with E-state index in [0.29, 0.717) is 13.1 Å². The number of aliphatic carboxylic acids is 1. The maximum atomic E-state index is 10.5. The molecule has 60 valence electrons.